The van der Waals surface area contributed by atoms with E-state index in [0.717, 1.165) is 36.8 Å². The zero-order valence-corrected chi connectivity index (χ0v) is 14.8. The van der Waals surface area contributed by atoms with Crippen molar-refractivity contribution in [2.24, 2.45) is 22.2 Å². The molecule has 0 amide bonds. The third-order valence-corrected chi connectivity index (χ3v) is 7.42. The molecule has 3 aliphatic carbocycles. The van der Waals surface area contributed by atoms with Crippen molar-refractivity contribution in [2.45, 2.75) is 71.8 Å². The van der Waals surface area contributed by atoms with Crippen molar-refractivity contribution in [1.82, 2.24) is 0 Å². The lowest BCUT2D eigenvalue weighted by molar-refractivity contribution is -0.153. The Morgan fingerprint density at radius 2 is 1.82 bits per heavy atom. The van der Waals surface area contributed by atoms with E-state index in [4.69, 9.17) is 0 Å². The third kappa shape index (κ3) is 1.94. The summed E-state index contributed by atoms with van der Waals surface area (Å²) in [6, 6.07) is 0. The highest BCUT2D eigenvalue weighted by Gasteiger charge is 2.62. The van der Waals surface area contributed by atoms with Gasteiger partial charge in [0.2, 0.25) is 0 Å². The second kappa shape index (κ2) is 4.60. The minimum atomic E-state index is -0.701. The second-order valence-electron chi connectivity index (χ2n) is 9.25. The van der Waals surface area contributed by atoms with Crippen LogP contribution in [-0.4, -0.2) is 10.7 Å². The van der Waals surface area contributed by atoms with E-state index >= 15 is 0 Å². The molecule has 0 spiro atoms. The zero-order chi connectivity index (χ0) is 16.4. The Morgan fingerprint density at radius 1 is 1.14 bits per heavy atom. The Kier molecular flexibility index (Phi) is 3.36. The van der Waals surface area contributed by atoms with Crippen LogP contribution in [0.5, 0.6) is 0 Å². The van der Waals surface area contributed by atoms with E-state index < -0.39 is 5.60 Å². The van der Waals surface area contributed by atoms with Crippen molar-refractivity contribution in [1.29, 1.82) is 0 Å². The lowest BCUT2D eigenvalue weighted by Gasteiger charge is -2.63. The minimum Gasteiger partial charge on any atom is -0.385 e. The maximum atomic E-state index is 11.8. The monoisotopic (exact) mass is 300 g/mol. The smallest absolute Gasteiger partial charge is 0.0952 e. The van der Waals surface area contributed by atoms with Crippen molar-refractivity contribution in [3.05, 3.63) is 36.5 Å². The van der Waals surface area contributed by atoms with Crippen molar-refractivity contribution >= 4 is 0 Å². The van der Waals surface area contributed by atoms with Gasteiger partial charge in [-0.2, -0.15) is 0 Å². The molecule has 0 bridgehead atoms. The van der Waals surface area contributed by atoms with E-state index in [0.29, 0.717) is 5.92 Å². The molecule has 0 aromatic carbocycles. The second-order valence-corrected chi connectivity index (χ2v) is 9.25. The number of hydrogen-bond donors (Lipinski definition) is 1. The van der Waals surface area contributed by atoms with Gasteiger partial charge in [-0.25, -0.2) is 0 Å². The SMILES string of the molecule is C=CC1(C)C=C2C(=C)CC3C(C)(C)CCCC3(C)C2(O)CC1. The van der Waals surface area contributed by atoms with Crippen LogP contribution in [0.15, 0.2) is 36.5 Å². The highest BCUT2D eigenvalue weighted by Crippen LogP contribution is 2.66. The molecule has 2 fully saturated rings. The maximum absolute atomic E-state index is 11.8. The van der Waals surface area contributed by atoms with E-state index in [2.05, 4.69) is 46.9 Å². The summed E-state index contributed by atoms with van der Waals surface area (Å²) in [4.78, 5) is 0. The lowest BCUT2D eigenvalue weighted by atomic mass is 9.43. The fourth-order valence-electron chi connectivity index (χ4n) is 5.73. The van der Waals surface area contributed by atoms with Crippen LogP contribution in [0.4, 0.5) is 0 Å². The Hall–Kier alpha value is -0.820. The predicted molar refractivity (Wildman–Crippen MR) is 93.6 cm³/mol. The van der Waals surface area contributed by atoms with Crippen LogP contribution in [-0.2, 0) is 0 Å². The minimum absolute atomic E-state index is 0.00210. The lowest BCUT2D eigenvalue weighted by Crippen LogP contribution is -2.61. The van der Waals surface area contributed by atoms with Crippen LogP contribution >= 0.6 is 0 Å². The molecule has 3 aliphatic rings. The first-order chi connectivity index (χ1) is 10.1. The summed E-state index contributed by atoms with van der Waals surface area (Å²) >= 11 is 0. The van der Waals surface area contributed by atoms with Crippen LogP contribution in [0.3, 0.4) is 0 Å². The van der Waals surface area contributed by atoms with Gasteiger partial charge in [0.15, 0.2) is 0 Å². The molecule has 0 radical (unpaired) electrons. The average Bonchev–Trinajstić information content (AvgIpc) is 2.44. The van der Waals surface area contributed by atoms with Gasteiger partial charge in [0, 0.05) is 10.8 Å². The summed E-state index contributed by atoms with van der Waals surface area (Å²) < 4.78 is 0. The quantitative estimate of drug-likeness (QED) is 0.641. The predicted octanol–water partition coefficient (Wildman–Crippen LogP) is 5.42. The molecule has 4 unspecified atom stereocenters. The molecule has 0 heterocycles. The highest BCUT2D eigenvalue weighted by molar-refractivity contribution is 5.47. The number of fused-ring (bicyclic) bond motifs is 3. The van der Waals surface area contributed by atoms with Crippen molar-refractivity contribution in [3.63, 3.8) is 0 Å². The van der Waals surface area contributed by atoms with E-state index in [1.807, 2.05) is 6.08 Å². The van der Waals surface area contributed by atoms with E-state index in [1.54, 1.807) is 0 Å². The van der Waals surface area contributed by atoms with Gasteiger partial charge in [-0.1, -0.05) is 52.8 Å². The van der Waals surface area contributed by atoms with Gasteiger partial charge in [0.05, 0.1) is 5.60 Å². The van der Waals surface area contributed by atoms with Gasteiger partial charge in [0.1, 0.15) is 0 Å². The molecule has 122 valence electrons. The van der Waals surface area contributed by atoms with Crippen molar-refractivity contribution in [2.75, 3.05) is 0 Å². The molecule has 0 aliphatic heterocycles. The molecule has 1 N–H and O–H groups in total. The van der Waals surface area contributed by atoms with Gasteiger partial charge in [0.25, 0.3) is 0 Å². The van der Waals surface area contributed by atoms with Crippen LogP contribution in [0, 0.1) is 22.2 Å². The van der Waals surface area contributed by atoms with Gasteiger partial charge in [-0.3, -0.25) is 0 Å². The Bertz CT molecular complexity index is 554. The van der Waals surface area contributed by atoms with Crippen LogP contribution in [0.25, 0.3) is 0 Å². The van der Waals surface area contributed by atoms with Crippen molar-refractivity contribution in [3.8, 4) is 0 Å². The first-order valence-corrected chi connectivity index (χ1v) is 8.85. The van der Waals surface area contributed by atoms with Gasteiger partial charge >= 0.3 is 0 Å². The van der Waals surface area contributed by atoms with Crippen molar-refractivity contribution < 1.29 is 5.11 Å². The molecular formula is C21H32O. The number of rotatable bonds is 1. The normalized spacial score (nSPS) is 47.2. The molecule has 1 nitrogen and oxygen atoms in total. The fraction of sp³-hybridized carbons (Fsp3) is 0.714. The van der Waals surface area contributed by atoms with E-state index in [9.17, 15) is 5.11 Å². The maximum Gasteiger partial charge on any atom is 0.0952 e. The molecule has 0 saturated heterocycles. The number of aliphatic hydroxyl groups is 1. The summed E-state index contributed by atoms with van der Waals surface area (Å²) in [5.41, 5.74) is 1.84. The molecular weight excluding hydrogens is 268 g/mol. The van der Waals surface area contributed by atoms with Crippen LogP contribution in [0.2, 0.25) is 0 Å². The molecule has 0 aromatic heterocycles. The molecule has 4 atom stereocenters. The summed E-state index contributed by atoms with van der Waals surface area (Å²) in [6.07, 6.45) is 10.8. The Balaban J connectivity index is 2.14. The first kappa shape index (κ1) is 16.1. The average molecular weight is 300 g/mol. The van der Waals surface area contributed by atoms with Crippen LogP contribution < -0.4 is 0 Å². The van der Waals surface area contributed by atoms with E-state index in [-0.39, 0.29) is 16.2 Å². The van der Waals surface area contributed by atoms with Gasteiger partial charge in [-0.05, 0) is 54.6 Å². The molecule has 0 aromatic rings. The fourth-order valence-corrected chi connectivity index (χ4v) is 5.73. The standard InChI is InChI=1S/C21H32O/c1-7-19(5)11-12-21(22)16(14-19)15(2)13-17-18(3,4)9-8-10-20(17,21)6/h7,14,17,22H,1-2,8-13H2,3-6H3. The molecule has 3 rings (SSSR count). The Morgan fingerprint density at radius 3 is 2.45 bits per heavy atom. The third-order valence-electron chi connectivity index (χ3n) is 7.42. The number of hydrogen-bond acceptors (Lipinski definition) is 1. The molecule has 22 heavy (non-hydrogen) atoms. The summed E-state index contributed by atoms with van der Waals surface area (Å²) in [5, 5.41) is 11.8. The zero-order valence-electron chi connectivity index (χ0n) is 14.8. The first-order valence-electron chi connectivity index (χ1n) is 8.85. The van der Waals surface area contributed by atoms with Gasteiger partial charge < -0.3 is 5.11 Å². The summed E-state index contributed by atoms with van der Waals surface area (Å²) in [5.74, 6) is 0.525. The topological polar surface area (TPSA) is 20.2 Å². The van der Waals surface area contributed by atoms with Crippen LogP contribution in [0.1, 0.15) is 66.2 Å². The Labute approximate surface area is 136 Å². The number of allylic oxidation sites excluding steroid dienone is 2. The highest BCUT2D eigenvalue weighted by atomic mass is 16.3. The summed E-state index contributed by atoms with van der Waals surface area (Å²) in [6.45, 7) is 17.7. The molecule has 1 heteroatoms. The van der Waals surface area contributed by atoms with E-state index in [1.165, 1.54) is 12.8 Å². The summed E-state index contributed by atoms with van der Waals surface area (Å²) in [7, 11) is 0. The molecule has 2 saturated carbocycles. The van der Waals surface area contributed by atoms with Gasteiger partial charge in [-0.15, -0.1) is 6.58 Å². The largest absolute Gasteiger partial charge is 0.385 e.